The molecule has 0 spiro atoms. The van der Waals surface area contributed by atoms with Gasteiger partial charge < -0.3 is 4.74 Å². The van der Waals surface area contributed by atoms with Crippen molar-refractivity contribution in [2.24, 2.45) is 5.92 Å². The Morgan fingerprint density at radius 2 is 1.52 bits per heavy atom. The fourth-order valence-corrected chi connectivity index (χ4v) is 3.93. The summed E-state index contributed by atoms with van der Waals surface area (Å²) in [5.41, 5.74) is 5.45. The van der Waals surface area contributed by atoms with Crippen molar-refractivity contribution in [2.45, 2.75) is 59.3 Å². The molecule has 0 saturated heterocycles. The Morgan fingerprint density at radius 1 is 0.879 bits per heavy atom. The summed E-state index contributed by atoms with van der Waals surface area (Å²) in [6.45, 7) is 6.62. The molecule has 3 heteroatoms. The van der Waals surface area contributed by atoms with Gasteiger partial charge in [0.15, 0.2) is 0 Å². The molecule has 33 heavy (non-hydrogen) atoms. The van der Waals surface area contributed by atoms with Gasteiger partial charge in [0.25, 0.3) is 0 Å². The molecule has 0 fully saturated rings. The lowest BCUT2D eigenvalue weighted by Gasteiger charge is -2.09. The summed E-state index contributed by atoms with van der Waals surface area (Å²) in [6.07, 6.45) is 6.71. The van der Waals surface area contributed by atoms with E-state index >= 15 is 0 Å². The lowest BCUT2D eigenvalue weighted by Crippen LogP contribution is -2.09. The number of carbonyl (C=O) groups excluding carboxylic acids is 1. The molecule has 0 atom stereocenters. The Balaban J connectivity index is 1.65. The molecule has 3 nitrogen and oxygen atoms in total. The van der Waals surface area contributed by atoms with Gasteiger partial charge in [0.1, 0.15) is 11.8 Å². The SMILES string of the molecule is CCCCCCc1ccc(OC(=O)c2ccc(-c3ccc(CC(C)C)cc3)cc2)c(C#N)c1. The normalized spacial score (nSPS) is 10.8. The number of aryl methyl sites for hydroxylation is 1. The molecule has 0 heterocycles. The average Bonchev–Trinajstić information content (AvgIpc) is 2.83. The van der Waals surface area contributed by atoms with E-state index in [-0.39, 0.29) is 0 Å². The highest BCUT2D eigenvalue weighted by atomic mass is 16.5. The van der Waals surface area contributed by atoms with Crippen molar-refractivity contribution >= 4 is 5.97 Å². The molecule has 0 aliphatic rings. The minimum atomic E-state index is -0.457. The lowest BCUT2D eigenvalue weighted by molar-refractivity contribution is 0.0734. The highest BCUT2D eigenvalue weighted by Gasteiger charge is 2.13. The molecule has 170 valence electrons. The van der Waals surface area contributed by atoms with Gasteiger partial charge in [-0.1, -0.05) is 82.5 Å². The maximum absolute atomic E-state index is 12.7. The molecular weight excluding hydrogens is 406 g/mol. The van der Waals surface area contributed by atoms with Crippen LogP contribution in [0, 0.1) is 17.2 Å². The number of carbonyl (C=O) groups is 1. The van der Waals surface area contributed by atoms with Crippen molar-refractivity contribution < 1.29 is 9.53 Å². The molecule has 0 amide bonds. The van der Waals surface area contributed by atoms with Gasteiger partial charge in [0.05, 0.1) is 11.1 Å². The molecule has 0 unspecified atom stereocenters. The van der Waals surface area contributed by atoms with Crippen molar-refractivity contribution in [3.05, 3.63) is 89.0 Å². The van der Waals surface area contributed by atoms with E-state index in [1.54, 1.807) is 18.2 Å². The first-order valence-corrected chi connectivity index (χ1v) is 11.9. The third-order valence-electron chi connectivity index (χ3n) is 5.74. The molecular formula is C30H33NO2. The van der Waals surface area contributed by atoms with E-state index in [1.165, 1.54) is 24.8 Å². The van der Waals surface area contributed by atoms with E-state index in [1.807, 2.05) is 24.3 Å². The number of nitriles is 1. The van der Waals surface area contributed by atoms with E-state index in [2.05, 4.69) is 51.1 Å². The average molecular weight is 440 g/mol. The molecule has 3 aromatic rings. The zero-order chi connectivity index (χ0) is 23.6. The second kappa shape index (κ2) is 12.0. The third kappa shape index (κ3) is 7.05. The number of unbranched alkanes of at least 4 members (excludes halogenated alkanes) is 3. The molecule has 0 aromatic heterocycles. The van der Waals surface area contributed by atoms with Crippen LogP contribution in [0.15, 0.2) is 66.7 Å². The number of esters is 1. The number of rotatable bonds is 10. The van der Waals surface area contributed by atoms with Crippen molar-refractivity contribution in [3.8, 4) is 22.9 Å². The number of benzene rings is 3. The highest BCUT2D eigenvalue weighted by molar-refractivity contribution is 5.92. The first-order valence-electron chi connectivity index (χ1n) is 11.9. The molecule has 0 bridgehead atoms. The second-order valence-corrected chi connectivity index (χ2v) is 9.01. The van der Waals surface area contributed by atoms with Crippen LogP contribution in [-0.2, 0) is 12.8 Å². The summed E-state index contributed by atoms with van der Waals surface area (Å²) < 4.78 is 5.56. The van der Waals surface area contributed by atoms with Gasteiger partial charge in [-0.15, -0.1) is 0 Å². The van der Waals surface area contributed by atoms with Crippen LogP contribution in [0.25, 0.3) is 11.1 Å². The maximum Gasteiger partial charge on any atom is 0.343 e. The largest absolute Gasteiger partial charge is 0.422 e. The minimum Gasteiger partial charge on any atom is -0.422 e. The van der Waals surface area contributed by atoms with E-state index in [0.717, 1.165) is 36.0 Å². The first-order chi connectivity index (χ1) is 16.0. The quantitative estimate of drug-likeness (QED) is 0.184. The maximum atomic E-state index is 12.7. The van der Waals surface area contributed by atoms with Gasteiger partial charge in [-0.25, -0.2) is 4.79 Å². The fourth-order valence-electron chi connectivity index (χ4n) is 3.93. The minimum absolute atomic E-state index is 0.310. The zero-order valence-corrected chi connectivity index (χ0v) is 19.9. The zero-order valence-electron chi connectivity index (χ0n) is 19.9. The summed E-state index contributed by atoms with van der Waals surface area (Å²) in [5, 5.41) is 9.52. The molecule has 3 aromatic carbocycles. The van der Waals surface area contributed by atoms with Crippen molar-refractivity contribution in [2.75, 3.05) is 0 Å². The molecule has 0 N–H and O–H groups in total. The van der Waals surface area contributed by atoms with Gasteiger partial charge in [0, 0.05) is 0 Å². The van der Waals surface area contributed by atoms with Gasteiger partial charge in [-0.3, -0.25) is 0 Å². The summed E-state index contributed by atoms with van der Waals surface area (Å²) in [6, 6.07) is 23.6. The summed E-state index contributed by atoms with van der Waals surface area (Å²) >= 11 is 0. The van der Waals surface area contributed by atoms with Crippen molar-refractivity contribution in [3.63, 3.8) is 0 Å². The van der Waals surface area contributed by atoms with E-state index in [0.29, 0.717) is 22.8 Å². The number of ether oxygens (including phenoxy) is 1. The predicted octanol–water partition coefficient (Wildman–Crippen LogP) is 7.77. The Labute approximate surface area is 198 Å². The van der Waals surface area contributed by atoms with Gasteiger partial charge in [-0.2, -0.15) is 5.26 Å². The second-order valence-electron chi connectivity index (χ2n) is 9.01. The Morgan fingerprint density at radius 3 is 2.12 bits per heavy atom. The lowest BCUT2D eigenvalue weighted by atomic mass is 9.98. The highest BCUT2D eigenvalue weighted by Crippen LogP contribution is 2.24. The standard InChI is InChI=1S/C30H33NO2/c1-4-5-6-7-8-23-11-18-29(28(20-23)21-31)33-30(32)27-16-14-26(15-17-27)25-12-9-24(10-13-25)19-22(2)3/h9-18,20,22H,4-8,19H2,1-3H3. The van der Waals surface area contributed by atoms with Crippen LogP contribution < -0.4 is 4.74 Å². The molecule has 0 saturated carbocycles. The van der Waals surface area contributed by atoms with Crippen LogP contribution >= 0.6 is 0 Å². The Kier molecular flexibility index (Phi) is 8.84. The summed E-state index contributed by atoms with van der Waals surface area (Å²) in [4.78, 5) is 12.7. The molecule has 0 aliphatic carbocycles. The van der Waals surface area contributed by atoms with Crippen LogP contribution in [-0.4, -0.2) is 5.97 Å². The number of nitrogens with zero attached hydrogens (tertiary/aromatic N) is 1. The fraction of sp³-hybridized carbons (Fsp3) is 0.333. The number of hydrogen-bond acceptors (Lipinski definition) is 3. The monoisotopic (exact) mass is 439 g/mol. The van der Waals surface area contributed by atoms with Gasteiger partial charge >= 0.3 is 5.97 Å². The predicted molar refractivity (Wildman–Crippen MR) is 134 cm³/mol. The topological polar surface area (TPSA) is 50.1 Å². The first kappa shape index (κ1) is 24.3. The van der Waals surface area contributed by atoms with E-state index in [4.69, 9.17) is 4.74 Å². The third-order valence-corrected chi connectivity index (χ3v) is 5.74. The van der Waals surface area contributed by atoms with E-state index < -0.39 is 5.97 Å². The summed E-state index contributed by atoms with van der Waals surface area (Å²) in [5.74, 6) is 0.482. The molecule has 3 rings (SSSR count). The molecule has 0 radical (unpaired) electrons. The van der Waals surface area contributed by atoms with Gasteiger partial charge in [0.2, 0.25) is 0 Å². The van der Waals surface area contributed by atoms with E-state index in [9.17, 15) is 10.1 Å². The van der Waals surface area contributed by atoms with Crippen molar-refractivity contribution in [1.82, 2.24) is 0 Å². The van der Waals surface area contributed by atoms with Crippen LogP contribution in [0.5, 0.6) is 5.75 Å². The van der Waals surface area contributed by atoms with Crippen LogP contribution in [0.4, 0.5) is 0 Å². The smallest absolute Gasteiger partial charge is 0.343 e. The van der Waals surface area contributed by atoms with Crippen LogP contribution in [0.2, 0.25) is 0 Å². The van der Waals surface area contributed by atoms with Crippen LogP contribution in [0.1, 0.15) is 73.5 Å². The van der Waals surface area contributed by atoms with Crippen molar-refractivity contribution in [1.29, 1.82) is 5.26 Å². The molecule has 0 aliphatic heterocycles. The Hall–Kier alpha value is -3.38. The Bertz CT molecular complexity index is 1090. The van der Waals surface area contributed by atoms with Gasteiger partial charge in [-0.05, 0) is 71.7 Å². The summed E-state index contributed by atoms with van der Waals surface area (Å²) in [7, 11) is 0. The number of hydrogen-bond donors (Lipinski definition) is 0. The van der Waals surface area contributed by atoms with Crippen LogP contribution in [0.3, 0.4) is 0 Å².